The van der Waals surface area contributed by atoms with Gasteiger partial charge in [-0.2, -0.15) is 0 Å². The summed E-state index contributed by atoms with van der Waals surface area (Å²) in [5.41, 5.74) is 1.67. The summed E-state index contributed by atoms with van der Waals surface area (Å²) in [7, 11) is -3.70. The molecule has 0 aromatic heterocycles. The van der Waals surface area contributed by atoms with Gasteiger partial charge in [-0.1, -0.05) is 24.3 Å². The number of halogens is 2. The molecule has 2 rings (SSSR count). The number of benzene rings is 1. The number of rotatable bonds is 8. The van der Waals surface area contributed by atoms with E-state index < -0.39 is 23.0 Å². The topological polar surface area (TPSA) is 58.2 Å². The lowest BCUT2D eigenvalue weighted by molar-refractivity contribution is 0.153. The molecular formula is C13H18F2N2O2S. The largest absolute Gasteiger partial charge is 0.310 e. The van der Waals surface area contributed by atoms with Gasteiger partial charge in [-0.25, -0.2) is 21.9 Å². The summed E-state index contributed by atoms with van der Waals surface area (Å²) in [5, 5.41) is 3.36. The Kier molecular flexibility index (Phi) is 5.06. The van der Waals surface area contributed by atoms with Crippen molar-refractivity contribution in [1.82, 2.24) is 10.0 Å². The second kappa shape index (κ2) is 6.60. The zero-order valence-electron chi connectivity index (χ0n) is 11.0. The Balaban J connectivity index is 1.85. The van der Waals surface area contributed by atoms with Gasteiger partial charge >= 0.3 is 0 Å². The van der Waals surface area contributed by atoms with Crippen LogP contribution in [0.5, 0.6) is 0 Å². The summed E-state index contributed by atoms with van der Waals surface area (Å²) >= 11 is 0. The lowest BCUT2D eigenvalue weighted by Crippen LogP contribution is -2.29. The quantitative estimate of drug-likeness (QED) is 0.767. The summed E-state index contributed by atoms with van der Waals surface area (Å²) < 4.78 is 48.9. The van der Waals surface area contributed by atoms with Gasteiger partial charge in [0.25, 0.3) is 6.43 Å². The van der Waals surface area contributed by atoms with Crippen molar-refractivity contribution in [2.45, 2.75) is 37.6 Å². The first-order chi connectivity index (χ1) is 9.44. The third kappa shape index (κ3) is 5.52. The zero-order valence-corrected chi connectivity index (χ0v) is 11.8. The molecule has 0 heterocycles. The number of nitrogens with one attached hydrogen (secondary N) is 2. The van der Waals surface area contributed by atoms with Crippen molar-refractivity contribution in [1.29, 1.82) is 0 Å². The monoisotopic (exact) mass is 304 g/mol. The fourth-order valence-corrected chi connectivity index (χ4v) is 2.88. The van der Waals surface area contributed by atoms with E-state index in [9.17, 15) is 17.2 Å². The molecule has 0 spiro atoms. The maximum absolute atomic E-state index is 12.0. The standard InChI is InChI=1S/C13H18F2N2O2S/c14-13(15)8-17-20(18,19)9-11-3-1-10(2-4-11)7-16-12-5-6-12/h1-4,12-13,16-17H,5-9H2. The van der Waals surface area contributed by atoms with E-state index in [1.165, 1.54) is 12.8 Å². The van der Waals surface area contributed by atoms with Gasteiger partial charge in [0, 0.05) is 12.6 Å². The fourth-order valence-electron chi connectivity index (χ4n) is 1.76. The highest BCUT2D eigenvalue weighted by Gasteiger charge is 2.20. The summed E-state index contributed by atoms with van der Waals surface area (Å²) in [6.07, 6.45) is -0.251. The van der Waals surface area contributed by atoms with E-state index in [4.69, 9.17) is 0 Å². The Morgan fingerprint density at radius 3 is 2.30 bits per heavy atom. The molecule has 20 heavy (non-hydrogen) atoms. The molecule has 1 aliphatic carbocycles. The Morgan fingerprint density at radius 1 is 1.15 bits per heavy atom. The normalized spacial score (nSPS) is 15.8. The molecule has 0 saturated heterocycles. The van der Waals surface area contributed by atoms with Crippen LogP contribution in [-0.4, -0.2) is 27.4 Å². The van der Waals surface area contributed by atoms with Gasteiger partial charge in [0.05, 0.1) is 12.3 Å². The van der Waals surface area contributed by atoms with E-state index in [0.717, 1.165) is 12.1 Å². The number of sulfonamides is 1. The number of hydrogen-bond donors (Lipinski definition) is 2. The van der Waals surface area contributed by atoms with E-state index >= 15 is 0 Å². The van der Waals surface area contributed by atoms with Crippen LogP contribution in [0.3, 0.4) is 0 Å². The molecule has 112 valence electrons. The molecule has 0 bridgehead atoms. The molecule has 2 N–H and O–H groups in total. The van der Waals surface area contributed by atoms with Crippen molar-refractivity contribution >= 4 is 10.0 Å². The van der Waals surface area contributed by atoms with E-state index in [1.807, 2.05) is 16.9 Å². The second-order valence-electron chi connectivity index (χ2n) is 4.97. The van der Waals surface area contributed by atoms with Crippen LogP contribution in [0.4, 0.5) is 8.78 Å². The van der Waals surface area contributed by atoms with Crippen LogP contribution in [0.25, 0.3) is 0 Å². The molecule has 1 aromatic rings. The maximum Gasteiger partial charge on any atom is 0.251 e. The first-order valence-corrected chi connectivity index (χ1v) is 8.16. The zero-order chi connectivity index (χ0) is 14.6. The van der Waals surface area contributed by atoms with Gasteiger partial charge in [0.15, 0.2) is 0 Å². The van der Waals surface area contributed by atoms with Gasteiger partial charge in [0.2, 0.25) is 10.0 Å². The van der Waals surface area contributed by atoms with Crippen LogP contribution in [0.15, 0.2) is 24.3 Å². The predicted molar refractivity (Wildman–Crippen MR) is 72.9 cm³/mol. The molecule has 7 heteroatoms. The highest BCUT2D eigenvalue weighted by Crippen LogP contribution is 2.19. The molecule has 0 amide bonds. The molecule has 0 atom stereocenters. The molecule has 1 fully saturated rings. The average Bonchev–Trinajstić information content (AvgIpc) is 3.19. The summed E-state index contributed by atoms with van der Waals surface area (Å²) in [6.45, 7) is -0.0763. The summed E-state index contributed by atoms with van der Waals surface area (Å²) in [5.74, 6) is -0.282. The molecule has 1 saturated carbocycles. The highest BCUT2D eigenvalue weighted by molar-refractivity contribution is 7.88. The Bertz CT molecular complexity index is 528. The summed E-state index contributed by atoms with van der Waals surface area (Å²) in [4.78, 5) is 0. The van der Waals surface area contributed by atoms with Crippen molar-refractivity contribution in [2.24, 2.45) is 0 Å². The minimum atomic E-state index is -3.70. The minimum Gasteiger partial charge on any atom is -0.310 e. The van der Waals surface area contributed by atoms with E-state index in [-0.39, 0.29) is 5.75 Å². The van der Waals surface area contributed by atoms with Gasteiger partial charge in [0.1, 0.15) is 0 Å². The van der Waals surface area contributed by atoms with Gasteiger partial charge < -0.3 is 5.32 Å². The van der Waals surface area contributed by atoms with Crippen molar-refractivity contribution in [3.63, 3.8) is 0 Å². The van der Waals surface area contributed by atoms with E-state index in [0.29, 0.717) is 11.6 Å². The van der Waals surface area contributed by atoms with Crippen molar-refractivity contribution in [3.8, 4) is 0 Å². The molecule has 0 unspecified atom stereocenters. The van der Waals surface area contributed by atoms with Crippen molar-refractivity contribution in [2.75, 3.05) is 6.54 Å². The predicted octanol–water partition coefficient (Wildman–Crippen LogP) is 1.62. The van der Waals surface area contributed by atoms with Gasteiger partial charge in [-0.05, 0) is 24.0 Å². The average molecular weight is 304 g/mol. The van der Waals surface area contributed by atoms with Gasteiger partial charge in [-0.15, -0.1) is 0 Å². The van der Waals surface area contributed by atoms with Crippen LogP contribution >= 0.6 is 0 Å². The van der Waals surface area contributed by atoms with Crippen LogP contribution in [0, 0.1) is 0 Å². The smallest absolute Gasteiger partial charge is 0.251 e. The lowest BCUT2D eigenvalue weighted by atomic mass is 10.1. The first kappa shape index (κ1) is 15.3. The van der Waals surface area contributed by atoms with Crippen LogP contribution < -0.4 is 10.0 Å². The Morgan fingerprint density at radius 2 is 1.75 bits per heavy atom. The molecule has 1 aliphatic rings. The third-order valence-electron chi connectivity index (χ3n) is 3.01. The second-order valence-corrected chi connectivity index (χ2v) is 6.78. The van der Waals surface area contributed by atoms with E-state index in [2.05, 4.69) is 5.32 Å². The Labute approximate surface area is 117 Å². The minimum absolute atomic E-state index is 0.282. The molecular weight excluding hydrogens is 286 g/mol. The lowest BCUT2D eigenvalue weighted by Gasteiger charge is -2.07. The first-order valence-electron chi connectivity index (χ1n) is 6.51. The Hall–Kier alpha value is -1.05. The molecule has 0 aliphatic heterocycles. The van der Waals surface area contributed by atoms with Crippen LogP contribution in [0.2, 0.25) is 0 Å². The number of hydrogen-bond acceptors (Lipinski definition) is 3. The van der Waals surface area contributed by atoms with Crippen LogP contribution in [0.1, 0.15) is 24.0 Å². The third-order valence-corrected chi connectivity index (χ3v) is 4.33. The SMILES string of the molecule is O=S(=O)(Cc1ccc(CNC2CC2)cc1)NCC(F)F. The molecule has 1 aromatic carbocycles. The van der Waals surface area contributed by atoms with Gasteiger partial charge in [-0.3, -0.25) is 0 Å². The van der Waals surface area contributed by atoms with Crippen molar-refractivity contribution < 1.29 is 17.2 Å². The highest BCUT2D eigenvalue weighted by atomic mass is 32.2. The van der Waals surface area contributed by atoms with E-state index in [1.54, 1.807) is 12.1 Å². The fraction of sp³-hybridized carbons (Fsp3) is 0.538. The molecule has 4 nitrogen and oxygen atoms in total. The summed E-state index contributed by atoms with van der Waals surface area (Å²) in [6, 6.07) is 7.76. The van der Waals surface area contributed by atoms with Crippen molar-refractivity contribution in [3.05, 3.63) is 35.4 Å². The van der Waals surface area contributed by atoms with Crippen LogP contribution in [-0.2, 0) is 22.3 Å². The number of alkyl halides is 2. The molecule has 0 radical (unpaired) electrons. The maximum atomic E-state index is 12.0.